The van der Waals surface area contributed by atoms with Crippen LogP contribution in [0.2, 0.25) is 5.02 Å². The van der Waals surface area contributed by atoms with Crippen LogP contribution in [-0.2, 0) is 0 Å². The summed E-state index contributed by atoms with van der Waals surface area (Å²) < 4.78 is 0. The fourth-order valence-electron chi connectivity index (χ4n) is 1.10. The lowest BCUT2D eigenvalue weighted by Crippen LogP contribution is -2.24. The van der Waals surface area contributed by atoms with Gasteiger partial charge in [-0.2, -0.15) is 0 Å². The number of halogens is 1. The van der Waals surface area contributed by atoms with Crippen molar-refractivity contribution in [1.29, 1.82) is 0 Å². The Kier molecular flexibility index (Phi) is 3.14. The number of anilines is 1. The molecule has 1 rings (SSSR count). The topological polar surface area (TPSA) is 72.3 Å². The molecule has 0 fully saturated rings. The molecule has 5 N–H and O–H groups in total. The first-order valence-electron chi connectivity index (χ1n) is 4.01. The van der Waals surface area contributed by atoms with E-state index in [0.29, 0.717) is 16.3 Å². The van der Waals surface area contributed by atoms with Crippen molar-refractivity contribution in [1.82, 2.24) is 0 Å². The van der Waals surface area contributed by atoms with Crippen LogP contribution < -0.4 is 11.5 Å². The van der Waals surface area contributed by atoms with E-state index in [1.807, 2.05) is 0 Å². The van der Waals surface area contributed by atoms with E-state index in [-0.39, 0.29) is 0 Å². The fraction of sp³-hybridized carbons (Fsp3) is 0.333. The maximum atomic E-state index is 9.27. The molecule has 1 aromatic rings. The lowest BCUT2D eigenvalue weighted by atomic mass is 10.0. The number of benzene rings is 1. The molecule has 13 heavy (non-hydrogen) atoms. The van der Waals surface area contributed by atoms with Crippen LogP contribution in [0.3, 0.4) is 0 Å². The van der Waals surface area contributed by atoms with Crippen molar-refractivity contribution >= 4 is 17.3 Å². The minimum atomic E-state index is -0.638. The van der Waals surface area contributed by atoms with Gasteiger partial charge in [0, 0.05) is 0 Å². The molecule has 0 aromatic heterocycles. The average Bonchev–Trinajstić information content (AvgIpc) is 2.08. The van der Waals surface area contributed by atoms with Gasteiger partial charge < -0.3 is 16.6 Å². The summed E-state index contributed by atoms with van der Waals surface area (Å²) in [5.41, 5.74) is 12.5. The van der Waals surface area contributed by atoms with Crippen LogP contribution in [0.25, 0.3) is 0 Å². The number of nitrogen functional groups attached to an aromatic ring is 1. The van der Waals surface area contributed by atoms with Gasteiger partial charge in [0.05, 0.1) is 22.9 Å². The van der Waals surface area contributed by atoms with Gasteiger partial charge in [-0.05, 0) is 18.6 Å². The standard InChI is InChI=1S/C9H13ClN2O/c1-5(13)8(11)6-3-2-4-7(10)9(6)12/h2-5,8,13H,11-12H2,1H3/t5-,8-/m0/s1. The highest BCUT2D eigenvalue weighted by Gasteiger charge is 2.15. The number of aliphatic hydroxyl groups is 1. The van der Waals surface area contributed by atoms with E-state index in [1.165, 1.54) is 0 Å². The molecule has 0 unspecified atom stereocenters. The third kappa shape index (κ3) is 2.12. The van der Waals surface area contributed by atoms with Crippen LogP contribution in [0.4, 0.5) is 5.69 Å². The lowest BCUT2D eigenvalue weighted by Gasteiger charge is -2.17. The molecule has 2 atom stereocenters. The summed E-state index contributed by atoms with van der Waals surface area (Å²) in [6.45, 7) is 1.62. The second kappa shape index (κ2) is 3.96. The van der Waals surface area contributed by atoms with Gasteiger partial charge in [-0.25, -0.2) is 0 Å². The van der Waals surface area contributed by atoms with Crippen molar-refractivity contribution in [3.63, 3.8) is 0 Å². The van der Waals surface area contributed by atoms with E-state index in [1.54, 1.807) is 25.1 Å². The second-order valence-electron chi connectivity index (χ2n) is 3.01. The largest absolute Gasteiger partial charge is 0.397 e. The molecule has 3 nitrogen and oxygen atoms in total. The monoisotopic (exact) mass is 200 g/mol. The van der Waals surface area contributed by atoms with Gasteiger partial charge in [-0.3, -0.25) is 0 Å². The fourth-order valence-corrected chi connectivity index (χ4v) is 1.29. The minimum Gasteiger partial charge on any atom is -0.397 e. The first kappa shape index (κ1) is 10.3. The first-order valence-corrected chi connectivity index (χ1v) is 4.39. The van der Waals surface area contributed by atoms with Gasteiger partial charge in [-0.1, -0.05) is 23.7 Å². The number of hydrogen-bond donors (Lipinski definition) is 3. The highest BCUT2D eigenvalue weighted by Crippen LogP contribution is 2.27. The molecule has 0 amide bonds. The van der Waals surface area contributed by atoms with Gasteiger partial charge in [0.2, 0.25) is 0 Å². The molecule has 0 spiro atoms. The molecule has 0 aliphatic carbocycles. The summed E-state index contributed by atoms with van der Waals surface area (Å²) in [4.78, 5) is 0. The van der Waals surface area contributed by atoms with E-state index in [4.69, 9.17) is 23.1 Å². The van der Waals surface area contributed by atoms with Gasteiger partial charge in [0.1, 0.15) is 0 Å². The molecule has 0 heterocycles. The van der Waals surface area contributed by atoms with Crippen molar-refractivity contribution in [3.8, 4) is 0 Å². The third-order valence-electron chi connectivity index (χ3n) is 1.97. The Balaban J connectivity index is 3.07. The second-order valence-corrected chi connectivity index (χ2v) is 3.42. The van der Waals surface area contributed by atoms with E-state index >= 15 is 0 Å². The third-order valence-corrected chi connectivity index (χ3v) is 2.30. The summed E-state index contributed by atoms with van der Waals surface area (Å²) in [7, 11) is 0. The molecule has 0 aliphatic rings. The smallest absolute Gasteiger partial charge is 0.0705 e. The zero-order valence-electron chi connectivity index (χ0n) is 7.37. The maximum Gasteiger partial charge on any atom is 0.0705 e. The molecule has 0 aliphatic heterocycles. The summed E-state index contributed by atoms with van der Waals surface area (Å²) >= 11 is 5.80. The summed E-state index contributed by atoms with van der Waals surface area (Å²) in [6.07, 6.45) is -0.638. The zero-order chi connectivity index (χ0) is 10.0. The van der Waals surface area contributed by atoms with Crippen LogP contribution in [0, 0.1) is 0 Å². The average molecular weight is 201 g/mol. The molecular weight excluding hydrogens is 188 g/mol. The van der Waals surface area contributed by atoms with Gasteiger partial charge in [-0.15, -0.1) is 0 Å². The van der Waals surface area contributed by atoms with E-state index in [0.717, 1.165) is 0 Å². The van der Waals surface area contributed by atoms with E-state index < -0.39 is 12.1 Å². The molecule has 1 aromatic carbocycles. The van der Waals surface area contributed by atoms with Crippen LogP contribution in [-0.4, -0.2) is 11.2 Å². The van der Waals surface area contributed by atoms with Crippen molar-refractivity contribution in [2.75, 3.05) is 5.73 Å². The molecule has 72 valence electrons. The number of aliphatic hydroxyl groups excluding tert-OH is 1. The molecule has 0 radical (unpaired) electrons. The minimum absolute atomic E-state index is 0.442. The summed E-state index contributed by atoms with van der Waals surface area (Å²) in [5, 5.41) is 9.73. The van der Waals surface area contributed by atoms with Gasteiger partial charge >= 0.3 is 0 Å². The maximum absolute atomic E-state index is 9.27. The normalized spacial score (nSPS) is 15.4. The number of para-hydroxylation sites is 1. The summed E-state index contributed by atoms with van der Waals surface area (Å²) in [5.74, 6) is 0. The van der Waals surface area contributed by atoms with Crippen molar-refractivity contribution < 1.29 is 5.11 Å². The Labute approximate surface area is 82.3 Å². The highest BCUT2D eigenvalue weighted by atomic mass is 35.5. The van der Waals surface area contributed by atoms with Crippen LogP contribution in [0.1, 0.15) is 18.5 Å². The van der Waals surface area contributed by atoms with Crippen molar-refractivity contribution in [2.45, 2.75) is 19.1 Å². The SMILES string of the molecule is C[C@H](O)[C@H](N)c1cccc(Cl)c1N. The zero-order valence-corrected chi connectivity index (χ0v) is 8.12. The summed E-state index contributed by atoms with van der Waals surface area (Å²) in [6, 6.07) is 4.73. The predicted octanol–water partition coefficient (Wildman–Crippen LogP) is 1.30. The number of rotatable bonds is 2. The molecule has 0 saturated carbocycles. The Morgan fingerprint density at radius 2 is 2.08 bits per heavy atom. The number of nitrogens with two attached hydrogens (primary N) is 2. The van der Waals surface area contributed by atoms with Gasteiger partial charge in [0.25, 0.3) is 0 Å². The lowest BCUT2D eigenvalue weighted by molar-refractivity contribution is 0.164. The quantitative estimate of drug-likeness (QED) is 0.631. The van der Waals surface area contributed by atoms with Gasteiger partial charge in [0.15, 0.2) is 0 Å². The number of hydrogen-bond acceptors (Lipinski definition) is 3. The van der Waals surface area contributed by atoms with Crippen LogP contribution in [0.5, 0.6) is 0 Å². The molecule has 4 heteroatoms. The Morgan fingerprint density at radius 3 is 2.62 bits per heavy atom. The van der Waals surface area contributed by atoms with Crippen LogP contribution in [0.15, 0.2) is 18.2 Å². The first-order chi connectivity index (χ1) is 6.04. The Hall–Kier alpha value is -0.770. The molecule has 0 bridgehead atoms. The van der Waals surface area contributed by atoms with E-state index in [2.05, 4.69) is 0 Å². The van der Waals surface area contributed by atoms with Crippen LogP contribution >= 0.6 is 11.6 Å². The predicted molar refractivity (Wildman–Crippen MR) is 54.5 cm³/mol. The Bertz CT molecular complexity index is 302. The Morgan fingerprint density at radius 1 is 1.46 bits per heavy atom. The van der Waals surface area contributed by atoms with Crippen molar-refractivity contribution in [2.24, 2.45) is 5.73 Å². The van der Waals surface area contributed by atoms with Crippen molar-refractivity contribution in [3.05, 3.63) is 28.8 Å². The molecule has 0 saturated heterocycles. The van der Waals surface area contributed by atoms with E-state index in [9.17, 15) is 5.11 Å². The highest BCUT2D eigenvalue weighted by molar-refractivity contribution is 6.33. The molecular formula is C9H13ClN2O.